The van der Waals surface area contributed by atoms with E-state index in [0.29, 0.717) is 19.3 Å². The molecule has 1 saturated heterocycles. The van der Waals surface area contributed by atoms with Crippen LogP contribution in [0.15, 0.2) is 24.3 Å². The molecule has 12 nitrogen and oxygen atoms in total. The van der Waals surface area contributed by atoms with E-state index in [-0.39, 0.29) is 25.9 Å². The molecule has 438 valence electrons. The molecule has 1 aliphatic heterocycles. The lowest BCUT2D eigenvalue weighted by molar-refractivity contribution is -0.301. The number of ether oxygens (including phenoxy) is 5. The molecule has 1 heterocycles. The molecule has 0 saturated carbocycles. The SMILES string of the molecule is CCCCC/C=C\C/C=C\CCCCCCCC(=O)OCC(COC1OC(C(=O)O)C(O)C(O)C1OC(=O)CCCCCCCCCCCCCCCCCCCCC)OC(=O)CCCCCCCCCCCCC. The smallest absolute Gasteiger partial charge is 0.335 e. The minimum Gasteiger partial charge on any atom is -0.479 e. The van der Waals surface area contributed by atoms with Gasteiger partial charge >= 0.3 is 23.9 Å². The second kappa shape index (κ2) is 51.9. The number of hydrogen-bond donors (Lipinski definition) is 3. The molecule has 75 heavy (non-hydrogen) atoms. The van der Waals surface area contributed by atoms with Crippen molar-refractivity contribution in [2.45, 2.75) is 340 Å². The Hall–Kier alpha value is -2.80. The average Bonchev–Trinajstić information content (AvgIpc) is 3.39. The van der Waals surface area contributed by atoms with Crippen LogP contribution in [0, 0.1) is 0 Å². The Morgan fingerprint density at radius 1 is 0.440 bits per heavy atom. The normalized spacial score (nSPS) is 18.2. The molecule has 0 spiro atoms. The lowest BCUT2D eigenvalue weighted by atomic mass is 9.98. The molecular weight excluding hydrogens is 949 g/mol. The summed E-state index contributed by atoms with van der Waals surface area (Å²) in [6, 6.07) is 0. The zero-order valence-electron chi connectivity index (χ0n) is 48.3. The summed E-state index contributed by atoms with van der Waals surface area (Å²) in [7, 11) is 0. The second-order valence-corrected chi connectivity index (χ2v) is 21.7. The summed E-state index contributed by atoms with van der Waals surface area (Å²) in [5.74, 6) is -3.10. The number of carboxylic acid groups (broad SMARTS) is 1. The highest BCUT2D eigenvalue weighted by molar-refractivity contribution is 5.74. The molecule has 3 N–H and O–H groups in total. The van der Waals surface area contributed by atoms with Gasteiger partial charge in [-0.1, -0.05) is 257 Å². The number of carbonyl (C=O) groups excluding carboxylic acids is 3. The maximum absolute atomic E-state index is 13.1. The summed E-state index contributed by atoms with van der Waals surface area (Å²) in [5.41, 5.74) is 0. The van der Waals surface area contributed by atoms with Gasteiger partial charge < -0.3 is 39.0 Å². The van der Waals surface area contributed by atoms with Crippen molar-refractivity contribution in [3.05, 3.63) is 24.3 Å². The summed E-state index contributed by atoms with van der Waals surface area (Å²) >= 11 is 0. The van der Waals surface area contributed by atoms with E-state index in [1.54, 1.807) is 0 Å². The van der Waals surface area contributed by atoms with Crippen molar-refractivity contribution in [2.24, 2.45) is 0 Å². The van der Waals surface area contributed by atoms with Crippen LogP contribution in [0.5, 0.6) is 0 Å². The third-order valence-corrected chi connectivity index (χ3v) is 14.5. The Bertz CT molecular complexity index is 1400. The minimum atomic E-state index is -1.90. The van der Waals surface area contributed by atoms with Crippen LogP contribution >= 0.6 is 0 Å². The maximum Gasteiger partial charge on any atom is 0.335 e. The molecule has 0 radical (unpaired) electrons. The molecule has 0 aromatic rings. The van der Waals surface area contributed by atoms with Crippen molar-refractivity contribution in [2.75, 3.05) is 13.2 Å². The number of allylic oxidation sites excluding steroid dienone is 4. The number of esters is 3. The van der Waals surface area contributed by atoms with Crippen molar-refractivity contribution in [3.8, 4) is 0 Å². The molecule has 0 aliphatic carbocycles. The molecule has 6 unspecified atom stereocenters. The van der Waals surface area contributed by atoms with Crippen LogP contribution in [0.25, 0.3) is 0 Å². The number of hydrogen-bond acceptors (Lipinski definition) is 11. The van der Waals surface area contributed by atoms with Gasteiger partial charge in [-0.25, -0.2) is 4.79 Å². The van der Waals surface area contributed by atoms with Crippen LogP contribution in [0.2, 0.25) is 0 Å². The molecule has 0 aromatic carbocycles. The van der Waals surface area contributed by atoms with E-state index in [1.807, 2.05) is 0 Å². The van der Waals surface area contributed by atoms with Gasteiger partial charge in [0.05, 0.1) is 6.61 Å². The lowest BCUT2D eigenvalue weighted by Crippen LogP contribution is -2.61. The van der Waals surface area contributed by atoms with E-state index in [4.69, 9.17) is 23.7 Å². The van der Waals surface area contributed by atoms with Crippen molar-refractivity contribution < 1.29 is 58.2 Å². The lowest BCUT2D eigenvalue weighted by Gasteiger charge is -2.40. The number of aliphatic carboxylic acids is 1. The highest BCUT2D eigenvalue weighted by atomic mass is 16.7. The van der Waals surface area contributed by atoms with Gasteiger partial charge in [-0.05, 0) is 51.4 Å². The number of aliphatic hydroxyl groups excluding tert-OH is 2. The van der Waals surface area contributed by atoms with E-state index in [1.165, 1.54) is 161 Å². The minimum absolute atomic E-state index is 0.0667. The molecule has 1 rings (SSSR count). The summed E-state index contributed by atoms with van der Waals surface area (Å²) < 4.78 is 28.5. The van der Waals surface area contributed by atoms with E-state index in [2.05, 4.69) is 45.1 Å². The van der Waals surface area contributed by atoms with Crippen molar-refractivity contribution in [3.63, 3.8) is 0 Å². The summed E-state index contributed by atoms with van der Waals surface area (Å²) in [6.07, 6.45) is 47.2. The number of carboxylic acids is 1. The largest absolute Gasteiger partial charge is 0.479 e. The highest BCUT2D eigenvalue weighted by Crippen LogP contribution is 2.27. The maximum atomic E-state index is 13.1. The number of aliphatic hydroxyl groups is 2. The predicted octanol–water partition coefficient (Wildman–Crippen LogP) is 16.2. The molecule has 12 heteroatoms. The molecule has 0 aromatic heterocycles. The monoisotopic (exact) mass is 1060 g/mol. The third-order valence-electron chi connectivity index (χ3n) is 14.5. The first-order chi connectivity index (χ1) is 36.6. The molecule has 1 aliphatic rings. The zero-order chi connectivity index (χ0) is 54.7. The van der Waals surface area contributed by atoms with Crippen molar-refractivity contribution >= 4 is 23.9 Å². The van der Waals surface area contributed by atoms with Gasteiger partial charge in [-0.3, -0.25) is 14.4 Å². The molecule has 0 bridgehead atoms. The first kappa shape index (κ1) is 70.2. The quantitative estimate of drug-likeness (QED) is 0.0228. The molecule has 6 atom stereocenters. The highest BCUT2D eigenvalue weighted by Gasteiger charge is 2.50. The fourth-order valence-corrected chi connectivity index (χ4v) is 9.69. The Morgan fingerprint density at radius 2 is 0.800 bits per heavy atom. The fourth-order valence-electron chi connectivity index (χ4n) is 9.69. The number of carbonyl (C=O) groups is 4. The summed E-state index contributed by atoms with van der Waals surface area (Å²) in [5, 5.41) is 31.5. The summed E-state index contributed by atoms with van der Waals surface area (Å²) in [6.45, 7) is 5.99. The van der Waals surface area contributed by atoms with Crippen LogP contribution in [0.1, 0.15) is 303 Å². The van der Waals surface area contributed by atoms with Crippen LogP contribution < -0.4 is 0 Å². The number of rotatable bonds is 54. The van der Waals surface area contributed by atoms with Crippen molar-refractivity contribution in [1.29, 1.82) is 0 Å². The molecular formula is C63H114O12. The third kappa shape index (κ3) is 41.9. The average molecular weight is 1060 g/mol. The van der Waals surface area contributed by atoms with Gasteiger partial charge in [0.15, 0.2) is 24.6 Å². The topological polar surface area (TPSA) is 175 Å². The van der Waals surface area contributed by atoms with Crippen LogP contribution in [-0.2, 0) is 42.9 Å². The Morgan fingerprint density at radius 3 is 1.23 bits per heavy atom. The van der Waals surface area contributed by atoms with Crippen molar-refractivity contribution in [1.82, 2.24) is 0 Å². The Balaban J connectivity index is 2.62. The van der Waals surface area contributed by atoms with Crippen LogP contribution in [0.4, 0.5) is 0 Å². The van der Waals surface area contributed by atoms with Crippen LogP contribution in [-0.4, -0.2) is 89.2 Å². The van der Waals surface area contributed by atoms with Gasteiger partial charge in [0, 0.05) is 19.3 Å². The molecule has 1 fully saturated rings. The Kier molecular flexibility index (Phi) is 48.6. The fraction of sp³-hybridized carbons (Fsp3) is 0.873. The van der Waals surface area contributed by atoms with Gasteiger partial charge in [0.2, 0.25) is 0 Å². The first-order valence-electron chi connectivity index (χ1n) is 31.3. The van der Waals surface area contributed by atoms with Gasteiger partial charge in [-0.15, -0.1) is 0 Å². The van der Waals surface area contributed by atoms with Gasteiger partial charge in [0.1, 0.15) is 18.8 Å². The van der Waals surface area contributed by atoms with Gasteiger partial charge in [0.25, 0.3) is 0 Å². The molecule has 0 amide bonds. The summed E-state index contributed by atoms with van der Waals surface area (Å²) in [4.78, 5) is 51.1. The van der Waals surface area contributed by atoms with E-state index < -0.39 is 67.3 Å². The zero-order valence-corrected chi connectivity index (χ0v) is 48.3. The first-order valence-corrected chi connectivity index (χ1v) is 31.3. The number of unbranched alkanes of at least 4 members (excludes halogenated alkanes) is 36. The van der Waals surface area contributed by atoms with E-state index >= 15 is 0 Å². The predicted molar refractivity (Wildman–Crippen MR) is 303 cm³/mol. The van der Waals surface area contributed by atoms with Crippen LogP contribution in [0.3, 0.4) is 0 Å². The van der Waals surface area contributed by atoms with E-state index in [0.717, 1.165) is 83.5 Å². The Labute approximate surface area is 458 Å². The van der Waals surface area contributed by atoms with Gasteiger partial charge in [-0.2, -0.15) is 0 Å². The standard InChI is InChI=1S/C63H114O12/c1-4-7-10-13-16-19-22-24-26-27-28-29-31-33-36-39-42-45-48-51-57(66)74-61-59(68)58(67)60(62(69)70)75-63(61)72-53-54(73-56(65)50-47-44-41-38-34-21-18-15-12-9-6-3)52-71-55(64)49-46-43-40-37-35-32-30-25-23-20-17-14-11-8-5-2/h17,20,25,30,54,58-61,63,67-68H,4-16,18-19,21-24,26-29,31-53H2,1-3H3,(H,69,70)/b20-17-,30-25-. The second-order valence-electron chi connectivity index (χ2n) is 21.7. The van der Waals surface area contributed by atoms with E-state index in [9.17, 15) is 34.5 Å².